The predicted octanol–water partition coefficient (Wildman–Crippen LogP) is 4.50. The normalized spacial score (nSPS) is 14.0. The lowest BCUT2D eigenvalue weighted by Gasteiger charge is -2.09. The minimum absolute atomic E-state index is 0.222. The third kappa shape index (κ3) is 3.08. The van der Waals surface area contributed by atoms with Crippen LogP contribution in [0.15, 0.2) is 42.5 Å². The lowest BCUT2D eigenvalue weighted by atomic mass is 9.99. The first-order chi connectivity index (χ1) is 13.9. The number of carboxylic acid groups (broad SMARTS) is 1. The van der Waals surface area contributed by atoms with Gasteiger partial charge in [0.2, 0.25) is 0 Å². The molecule has 6 heteroatoms. The number of H-pyrrole nitrogens is 1. The zero-order valence-electron chi connectivity index (χ0n) is 16.3. The van der Waals surface area contributed by atoms with Crippen molar-refractivity contribution in [3.05, 3.63) is 70.5 Å². The van der Waals surface area contributed by atoms with Gasteiger partial charge in [0, 0.05) is 28.2 Å². The first-order valence-corrected chi connectivity index (χ1v) is 9.14. The summed E-state index contributed by atoms with van der Waals surface area (Å²) in [7, 11) is 1.63. The molecule has 0 atom stereocenters. The maximum absolute atomic E-state index is 12.6. The average Bonchev–Trinajstić information content (AvgIpc) is 3.16. The number of nitrogens with one attached hydrogen (secondary N) is 2. The van der Waals surface area contributed by atoms with E-state index < -0.39 is 5.97 Å². The lowest BCUT2D eigenvalue weighted by Crippen LogP contribution is -2.03. The Kier molecular flexibility index (Phi) is 4.47. The third-order valence-electron chi connectivity index (χ3n) is 5.20. The third-order valence-corrected chi connectivity index (χ3v) is 5.20. The Hall–Kier alpha value is -3.80. The molecule has 0 saturated heterocycles. The summed E-state index contributed by atoms with van der Waals surface area (Å²) < 4.78 is 5.44. The second-order valence-corrected chi connectivity index (χ2v) is 6.94. The van der Waals surface area contributed by atoms with Gasteiger partial charge in [-0.05, 0) is 43.2 Å². The minimum Gasteiger partial charge on any atom is -0.496 e. The molecule has 1 amide bonds. The fraction of sp³-hybridized carbons (Fsp3) is 0.130. The maximum atomic E-state index is 12.6. The summed E-state index contributed by atoms with van der Waals surface area (Å²) >= 11 is 0. The fourth-order valence-electron chi connectivity index (χ4n) is 3.77. The molecule has 0 saturated carbocycles. The molecule has 29 heavy (non-hydrogen) atoms. The number of aromatic nitrogens is 1. The van der Waals surface area contributed by atoms with Crippen molar-refractivity contribution in [2.24, 2.45) is 0 Å². The number of hydrogen-bond acceptors (Lipinski definition) is 3. The Morgan fingerprint density at radius 1 is 1.10 bits per heavy atom. The Labute approximate surface area is 167 Å². The number of aromatic carboxylic acids is 1. The predicted molar refractivity (Wildman–Crippen MR) is 112 cm³/mol. The number of carboxylic acids is 1. The molecule has 2 aromatic carbocycles. The van der Waals surface area contributed by atoms with E-state index >= 15 is 0 Å². The Bertz CT molecular complexity index is 1190. The average molecular weight is 388 g/mol. The molecule has 3 aromatic rings. The highest BCUT2D eigenvalue weighted by Crippen LogP contribution is 2.38. The van der Waals surface area contributed by atoms with Crippen molar-refractivity contribution in [3.8, 4) is 16.9 Å². The zero-order chi connectivity index (χ0) is 20.7. The highest BCUT2D eigenvalue weighted by molar-refractivity contribution is 6.35. The maximum Gasteiger partial charge on any atom is 0.337 e. The van der Waals surface area contributed by atoms with Crippen LogP contribution in [0.5, 0.6) is 5.75 Å². The van der Waals surface area contributed by atoms with E-state index in [1.165, 1.54) is 0 Å². The molecule has 0 unspecified atom stereocenters. The highest BCUT2D eigenvalue weighted by atomic mass is 16.5. The minimum atomic E-state index is -0.987. The van der Waals surface area contributed by atoms with E-state index in [4.69, 9.17) is 4.74 Å². The monoisotopic (exact) mass is 388 g/mol. The number of benzene rings is 2. The quantitative estimate of drug-likeness (QED) is 0.574. The number of aromatic amines is 1. The van der Waals surface area contributed by atoms with Crippen LogP contribution in [0.3, 0.4) is 0 Å². The number of amides is 1. The van der Waals surface area contributed by atoms with Crippen LogP contribution in [0.2, 0.25) is 0 Å². The van der Waals surface area contributed by atoms with E-state index in [-0.39, 0.29) is 11.5 Å². The number of carbonyl (C=O) groups excluding carboxylic acids is 1. The summed E-state index contributed by atoms with van der Waals surface area (Å²) in [6, 6.07) is 13.5. The molecule has 1 aliphatic rings. The first-order valence-electron chi connectivity index (χ1n) is 9.14. The topological polar surface area (TPSA) is 91.4 Å². The van der Waals surface area contributed by atoms with E-state index in [1.807, 2.05) is 42.5 Å². The molecule has 146 valence electrons. The van der Waals surface area contributed by atoms with Crippen LogP contribution in [-0.4, -0.2) is 29.1 Å². The van der Waals surface area contributed by atoms with Gasteiger partial charge in [-0.3, -0.25) is 4.79 Å². The van der Waals surface area contributed by atoms with Crippen LogP contribution in [0.4, 0.5) is 5.69 Å². The smallest absolute Gasteiger partial charge is 0.337 e. The number of hydrogen-bond donors (Lipinski definition) is 3. The van der Waals surface area contributed by atoms with Gasteiger partial charge in [0.15, 0.2) is 0 Å². The van der Waals surface area contributed by atoms with Crippen LogP contribution < -0.4 is 10.1 Å². The summed E-state index contributed by atoms with van der Waals surface area (Å²) in [5, 5.41) is 12.3. The summed E-state index contributed by atoms with van der Waals surface area (Å²) in [5.74, 6) is -0.453. The van der Waals surface area contributed by atoms with Crippen LogP contribution in [0.25, 0.3) is 22.8 Å². The fourth-order valence-corrected chi connectivity index (χ4v) is 3.77. The molecular weight excluding hydrogens is 368 g/mol. The van der Waals surface area contributed by atoms with Crippen molar-refractivity contribution in [1.82, 2.24) is 4.98 Å². The molecule has 0 spiro atoms. The number of carbonyl (C=O) groups is 2. The summed E-state index contributed by atoms with van der Waals surface area (Å²) in [5.41, 5.74) is 5.87. The Morgan fingerprint density at radius 3 is 2.55 bits per heavy atom. The van der Waals surface area contributed by atoms with E-state index in [9.17, 15) is 14.7 Å². The number of rotatable bonds is 4. The van der Waals surface area contributed by atoms with Crippen LogP contribution in [0.1, 0.15) is 32.9 Å². The second-order valence-electron chi connectivity index (χ2n) is 6.94. The first kappa shape index (κ1) is 18.6. The molecule has 1 aliphatic heterocycles. The number of ether oxygens (including phenoxy) is 1. The van der Waals surface area contributed by atoms with Crippen molar-refractivity contribution >= 4 is 29.2 Å². The molecule has 1 aromatic heterocycles. The van der Waals surface area contributed by atoms with Crippen LogP contribution in [0, 0.1) is 13.8 Å². The SMILES string of the molecule is COc1ccccc1-c1ccc2c(c1)NC(=O)C2=Cc1[nH]c(C)c(C(=O)O)c1C. The summed E-state index contributed by atoms with van der Waals surface area (Å²) in [4.78, 5) is 27.1. The Balaban J connectivity index is 1.78. The molecule has 3 N–H and O–H groups in total. The zero-order valence-corrected chi connectivity index (χ0v) is 16.3. The van der Waals surface area contributed by atoms with Gasteiger partial charge in [0.25, 0.3) is 5.91 Å². The number of fused-ring (bicyclic) bond motifs is 1. The molecule has 0 fully saturated rings. The van der Waals surface area contributed by atoms with Crippen molar-refractivity contribution < 1.29 is 19.4 Å². The van der Waals surface area contributed by atoms with Crippen molar-refractivity contribution in [2.45, 2.75) is 13.8 Å². The molecule has 4 rings (SSSR count). The lowest BCUT2D eigenvalue weighted by molar-refractivity contribution is -0.110. The number of anilines is 1. The molecule has 0 bridgehead atoms. The van der Waals surface area contributed by atoms with Crippen molar-refractivity contribution in [2.75, 3.05) is 12.4 Å². The van der Waals surface area contributed by atoms with Gasteiger partial charge in [-0.25, -0.2) is 4.79 Å². The van der Waals surface area contributed by atoms with Gasteiger partial charge in [0.1, 0.15) is 5.75 Å². The highest BCUT2D eigenvalue weighted by Gasteiger charge is 2.26. The summed E-state index contributed by atoms with van der Waals surface area (Å²) in [6.07, 6.45) is 1.71. The van der Waals surface area contributed by atoms with Crippen LogP contribution >= 0.6 is 0 Å². The van der Waals surface area contributed by atoms with Gasteiger partial charge in [-0.15, -0.1) is 0 Å². The van der Waals surface area contributed by atoms with Gasteiger partial charge >= 0.3 is 5.97 Å². The summed E-state index contributed by atoms with van der Waals surface area (Å²) in [6.45, 7) is 3.44. The second kappa shape index (κ2) is 6.98. The Morgan fingerprint density at radius 2 is 1.86 bits per heavy atom. The molecule has 0 radical (unpaired) electrons. The standard InChI is InChI=1S/C23H20N2O4/c1-12-18(24-13(2)21(12)23(27)28)11-17-16-9-8-14(10-19(16)25-22(17)26)15-6-4-5-7-20(15)29-3/h4-11,24H,1-3H3,(H,25,26)(H,27,28). The number of methoxy groups -OCH3 is 1. The van der Waals surface area contributed by atoms with Crippen molar-refractivity contribution in [1.29, 1.82) is 0 Å². The van der Waals surface area contributed by atoms with Gasteiger partial charge in [-0.2, -0.15) is 0 Å². The van der Waals surface area contributed by atoms with E-state index in [0.717, 1.165) is 22.4 Å². The van der Waals surface area contributed by atoms with Crippen LogP contribution in [-0.2, 0) is 4.79 Å². The molecule has 2 heterocycles. The number of aryl methyl sites for hydroxylation is 1. The van der Waals surface area contributed by atoms with E-state index in [2.05, 4.69) is 10.3 Å². The number of para-hydroxylation sites is 1. The van der Waals surface area contributed by atoms with Gasteiger partial charge in [0.05, 0.1) is 18.2 Å². The van der Waals surface area contributed by atoms with E-state index in [0.29, 0.717) is 28.2 Å². The van der Waals surface area contributed by atoms with E-state index in [1.54, 1.807) is 27.0 Å². The largest absolute Gasteiger partial charge is 0.496 e. The van der Waals surface area contributed by atoms with Gasteiger partial charge in [-0.1, -0.05) is 30.3 Å². The molecule has 6 nitrogen and oxygen atoms in total. The van der Waals surface area contributed by atoms with Gasteiger partial charge < -0.3 is 20.1 Å². The molecular formula is C23H20N2O4. The molecule has 0 aliphatic carbocycles. The van der Waals surface area contributed by atoms with Crippen molar-refractivity contribution in [3.63, 3.8) is 0 Å².